The molecule has 2 N–H and O–H groups in total. The summed E-state index contributed by atoms with van der Waals surface area (Å²) >= 11 is 0. The van der Waals surface area contributed by atoms with Gasteiger partial charge in [0, 0.05) is 19.7 Å². The first kappa shape index (κ1) is 13.8. The van der Waals surface area contributed by atoms with Crippen LogP contribution in [0, 0.1) is 17.0 Å². The molecule has 6 heteroatoms. The molecule has 0 aliphatic rings. The first-order chi connectivity index (χ1) is 9.47. The van der Waals surface area contributed by atoms with Crippen molar-refractivity contribution in [2.45, 2.75) is 13.5 Å². The molecule has 0 bridgehead atoms. The number of aryl methyl sites for hydroxylation is 1. The fraction of sp³-hybridized carbons (Fsp3) is 0.214. The molecule has 0 unspecified atom stereocenters. The van der Waals surface area contributed by atoms with Crippen molar-refractivity contribution in [2.24, 2.45) is 0 Å². The molecular weight excluding hydrogens is 256 g/mol. The number of nitro groups is 1. The number of anilines is 2. The second-order valence-corrected chi connectivity index (χ2v) is 4.67. The molecule has 1 aromatic heterocycles. The third-order valence-electron chi connectivity index (χ3n) is 3.02. The number of hydrogen-bond donors (Lipinski definition) is 1. The van der Waals surface area contributed by atoms with Gasteiger partial charge in [0.15, 0.2) is 0 Å². The van der Waals surface area contributed by atoms with Crippen LogP contribution in [0.4, 0.5) is 17.3 Å². The van der Waals surface area contributed by atoms with Crippen LogP contribution in [0.5, 0.6) is 0 Å². The third-order valence-corrected chi connectivity index (χ3v) is 3.02. The molecule has 0 fully saturated rings. The van der Waals surface area contributed by atoms with Gasteiger partial charge in [0.1, 0.15) is 5.82 Å². The van der Waals surface area contributed by atoms with Crippen molar-refractivity contribution in [3.05, 3.63) is 57.6 Å². The van der Waals surface area contributed by atoms with Crippen molar-refractivity contribution < 1.29 is 4.92 Å². The van der Waals surface area contributed by atoms with Crippen LogP contribution in [-0.2, 0) is 6.54 Å². The van der Waals surface area contributed by atoms with E-state index in [0.717, 1.165) is 5.56 Å². The monoisotopic (exact) mass is 272 g/mol. The molecule has 1 heterocycles. The van der Waals surface area contributed by atoms with Gasteiger partial charge in [-0.1, -0.05) is 29.8 Å². The van der Waals surface area contributed by atoms with E-state index in [9.17, 15) is 10.1 Å². The van der Waals surface area contributed by atoms with E-state index in [1.165, 1.54) is 11.6 Å². The highest BCUT2D eigenvalue weighted by Crippen LogP contribution is 2.23. The zero-order chi connectivity index (χ0) is 14.7. The Hall–Kier alpha value is -2.63. The standard InChI is InChI=1S/C14H16N4O2/c1-10-3-5-11(6-4-10)9-17(2)13-8-7-12(18(19)20)14(15)16-13/h3-8H,9H2,1-2H3,(H2,15,16). The fourth-order valence-corrected chi connectivity index (χ4v) is 1.87. The normalized spacial score (nSPS) is 10.3. The van der Waals surface area contributed by atoms with E-state index in [1.54, 1.807) is 6.07 Å². The zero-order valence-corrected chi connectivity index (χ0v) is 11.4. The number of hydrogen-bond acceptors (Lipinski definition) is 5. The number of aromatic nitrogens is 1. The summed E-state index contributed by atoms with van der Waals surface area (Å²) < 4.78 is 0. The molecule has 0 saturated heterocycles. The maximum Gasteiger partial charge on any atom is 0.311 e. The summed E-state index contributed by atoms with van der Waals surface area (Å²) in [6.07, 6.45) is 0. The summed E-state index contributed by atoms with van der Waals surface area (Å²) in [7, 11) is 1.87. The van der Waals surface area contributed by atoms with Gasteiger partial charge in [0.25, 0.3) is 0 Å². The van der Waals surface area contributed by atoms with Crippen molar-refractivity contribution in [3.63, 3.8) is 0 Å². The number of nitrogen functional groups attached to an aromatic ring is 1. The molecule has 2 aromatic rings. The molecule has 104 valence electrons. The van der Waals surface area contributed by atoms with Crippen molar-refractivity contribution in [3.8, 4) is 0 Å². The number of rotatable bonds is 4. The lowest BCUT2D eigenvalue weighted by Gasteiger charge is -2.18. The Morgan fingerprint density at radius 3 is 2.45 bits per heavy atom. The highest BCUT2D eigenvalue weighted by molar-refractivity contribution is 5.57. The Morgan fingerprint density at radius 2 is 1.90 bits per heavy atom. The summed E-state index contributed by atoms with van der Waals surface area (Å²) in [4.78, 5) is 16.1. The van der Waals surface area contributed by atoms with Gasteiger partial charge in [-0.05, 0) is 18.6 Å². The average molecular weight is 272 g/mol. The minimum Gasteiger partial charge on any atom is -0.378 e. The highest BCUT2D eigenvalue weighted by atomic mass is 16.6. The van der Waals surface area contributed by atoms with Gasteiger partial charge >= 0.3 is 5.69 Å². The van der Waals surface area contributed by atoms with E-state index >= 15 is 0 Å². The van der Waals surface area contributed by atoms with E-state index in [-0.39, 0.29) is 11.5 Å². The Balaban J connectivity index is 2.17. The van der Waals surface area contributed by atoms with E-state index < -0.39 is 4.92 Å². The second kappa shape index (κ2) is 5.56. The largest absolute Gasteiger partial charge is 0.378 e. The Labute approximate surface area is 117 Å². The van der Waals surface area contributed by atoms with E-state index in [0.29, 0.717) is 12.4 Å². The summed E-state index contributed by atoms with van der Waals surface area (Å²) in [6.45, 7) is 2.69. The third kappa shape index (κ3) is 3.03. The maximum atomic E-state index is 10.7. The summed E-state index contributed by atoms with van der Waals surface area (Å²) in [5, 5.41) is 10.7. The molecule has 1 aromatic carbocycles. The summed E-state index contributed by atoms with van der Waals surface area (Å²) in [5.74, 6) is 0.539. The smallest absolute Gasteiger partial charge is 0.311 e. The average Bonchev–Trinajstić information content (AvgIpc) is 2.40. The van der Waals surface area contributed by atoms with Gasteiger partial charge in [0.05, 0.1) is 4.92 Å². The number of nitrogens with zero attached hydrogens (tertiary/aromatic N) is 3. The molecule has 2 rings (SSSR count). The van der Waals surface area contributed by atoms with Crippen molar-refractivity contribution in [1.29, 1.82) is 0 Å². The zero-order valence-electron chi connectivity index (χ0n) is 11.4. The summed E-state index contributed by atoms with van der Waals surface area (Å²) in [5.41, 5.74) is 7.76. The first-order valence-corrected chi connectivity index (χ1v) is 6.15. The van der Waals surface area contributed by atoms with Crippen LogP contribution in [0.3, 0.4) is 0 Å². The number of pyridine rings is 1. The van der Waals surface area contributed by atoms with Crippen LogP contribution in [-0.4, -0.2) is 17.0 Å². The van der Waals surface area contributed by atoms with E-state index in [4.69, 9.17) is 5.73 Å². The molecule has 6 nitrogen and oxygen atoms in total. The predicted molar refractivity (Wildman–Crippen MR) is 78.6 cm³/mol. The SMILES string of the molecule is Cc1ccc(CN(C)c2ccc([N+](=O)[O-])c(N)n2)cc1. The number of benzene rings is 1. The Bertz CT molecular complexity index is 626. The lowest BCUT2D eigenvalue weighted by atomic mass is 10.1. The molecule has 0 saturated carbocycles. The van der Waals surface area contributed by atoms with Crippen molar-refractivity contribution in [1.82, 2.24) is 4.98 Å². The first-order valence-electron chi connectivity index (χ1n) is 6.15. The Morgan fingerprint density at radius 1 is 1.25 bits per heavy atom. The van der Waals surface area contributed by atoms with Crippen LogP contribution in [0.15, 0.2) is 36.4 Å². The van der Waals surface area contributed by atoms with Crippen LogP contribution in [0.2, 0.25) is 0 Å². The van der Waals surface area contributed by atoms with Gasteiger partial charge in [-0.2, -0.15) is 0 Å². The number of nitrogens with two attached hydrogens (primary N) is 1. The van der Waals surface area contributed by atoms with Gasteiger partial charge < -0.3 is 10.6 Å². The van der Waals surface area contributed by atoms with E-state index in [1.807, 2.05) is 43.1 Å². The minimum atomic E-state index is -0.536. The Kier molecular flexibility index (Phi) is 3.84. The quantitative estimate of drug-likeness (QED) is 0.682. The van der Waals surface area contributed by atoms with Gasteiger partial charge in [-0.3, -0.25) is 10.1 Å². The lowest BCUT2D eigenvalue weighted by molar-refractivity contribution is -0.384. The van der Waals surface area contributed by atoms with Crippen LogP contribution in [0.1, 0.15) is 11.1 Å². The molecule has 0 aliphatic carbocycles. The molecule has 0 spiro atoms. The van der Waals surface area contributed by atoms with Crippen LogP contribution in [0.25, 0.3) is 0 Å². The topological polar surface area (TPSA) is 85.3 Å². The van der Waals surface area contributed by atoms with Gasteiger partial charge in [-0.15, -0.1) is 0 Å². The molecule has 20 heavy (non-hydrogen) atoms. The fourth-order valence-electron chi connectivity index (χ4n) is 1.87. The molecule has 0 radical (unpaired) electrons. The summed E-state index contributed by atoms with van der Waals surface area (Å²) in [6, 6.07) is 11.1. The van der Waals surface area contributed by atoms with Crippen LogP contribution < -0.4 is 10.6 Å². The van der Waals surface area contributed by atoms with Crippen molar-refractivity contribution in [2.75, 3.05) is 17.7 Å². The molecular formula is C14H16N4O2. The highest BCUT2D eigenvalue weighted by Gasteiger charge is 2.14. The molecule has 0 amide bonds. The molecule has 0 aliphatic heterocycles. The molecule has 0 atom stereocenters. The maximum absolute atomic E-state index is 10.7. The predicted octanol–water partition coefficient (Wildman–Crippen LogP) is 2.52. The lowest BCUT2D eigenvalue weighted by Crippen LogP contribution is -2.18. The van der Waals surface area contributed by atoms with Crippen LogP contribution >= 0.6 is 0 Å². The van der Waals surface area contributed by atoms with Gasteiger partial charge in [-0.25, -0.2) is 4.98 Å². The minimum absolute atomic E-state index is 0.0664. The van der Waals surface area contributed by atoms with E-state index in [2.05, 4.69) is 4.98 Å². The van der Waals surface area contributed by atoms with Gasteiger partial charge in [0.2, 0.25) is 5.82 Å². The van der Waals surface area contributed by atoms with Crippen molar-refractivity contribution >= 4 is 17.3 Å². The second-order valence-electron chi connectivity index (χ2n) is 4.67.